The molecule has 1 fully saturated rings. The molecule has 1 saturated heterocycles. The van der Waals surface area contributed by atoms with Gasteiger partial charge in [0, 0.05) is 24.5 Å². The number of Topliss-reactive ketones (excluding diaryl/α,β-unsaturated/α-hetero) is 1. The largest absolute Gasteiger partial charge is 0.534 e. The lowest BCUT2D eigenvalue weighted by Gasteiger charge is -2.43. The zero-order chi connectivity index (χ0) is 36.7. The Morgan fingerprint density at radius 2 is 1.54 bits per heavy atom. The van der Waals surface area contributed by atoms with Gasteiger partial charge in [0.25, 0.3) is 11.7 Å². The van der Waals surface area contributed by atoms with Crippen LogP contribution in [0.25, 0.3) is 0 Å². The summed E-state index contributed by atoms with van der Waals surface area (Å²) in [4.78, 5) is 31.9. The van der Waals surface area contributed by atoms with Gasteiger partial charge in [-0.15, -0.1) is 0 Å². The quantitative estimate of drug-likeness (QED) is 0.146. The van der Waals surface area contributed by atoms with E-state index in [0.717, 1.165) is 15.9 Å². The molecule has 5 aromatic rings. The number of hydrogen-bond donors (Lipinski definition) is 1. The van der Waals surface area contributed by atoms with Crippen LogP contribution in [0.4, 0.5) is 5.69 Å². The van der Waals surface area contributed by atoms with Gasteiger partial charge in [0.15, 0.2) is 0 Å². The van der Waals surface area contributed by atoms with Crippen LogP contribution in [0.5, 0.6) is 5.75 Å². The number of hydrogen-bond acceptors (Lipinski definition) is 7. The normalized spacial score (nSPS) is 17.3. The van der Waals surface area contributed by atoms with Crippen molar-refractivity contribution in [2.45, 2.75) is 62.2 Å². The molecule has 0 radical (unpaired) electrons. The van der Waals surface area contributed by atoms with Crippen molar-refractivity contribution in [3.63, 3.8) is 0 Å². The first-order valence-electron chi connectivity index (χ1n) is 17.4. The molecular weight excluding hydrogens is 691 g/mol. The molecule has 52 heavy (non-hydrogen) atoms. The highest BCUT2D eigenvalue weighted by molar-refractivity contribution is 7.89. The maximum Gasteiger partial charge on any atom is 0.319 e. The summed E-state index contributed by atoms with van der Waals surface area (Å²) < 4.78 is 36.2. The molecule has 7 rings (SSSR count). The van der Waals surface area contributed by atoms with Gasteiger partial charge < -0.3 is 14.4 Å². The molecule has 266 valence electrons. The number of aliphatic hydroxyl groups excluding tert-OH is 1. The van der Waals surface area contributed by atoms with E-state index in [0.29, 0.717) is 29.8 Å². The zero-order valence-electron chi connectivity index (χ0n) is 29.3. The van der Waals surface area contributed by atoms with Crippen LogP contribution in [0, 0.1) is 0 Å². The molecule has 0 spiro atoms. The van der Waals surface area contributed by atoms with E-state index < -0.39 is 42.2 Å². The van der Waals surface area contributed by atoms with Gasteiger partial charge in [-0.05, 0) is 70.2 Å². The monoisotopic (exact) mass is 731 g/mol. The third kappa shape index (κ3) is 6.27. The van der Waals surface area contributed by atoms with E-state index in [4.69, 9.17) is 4.43 Å². The minimum Gasteiger partial charge on any atom is -0.534 e. The molecule has 0 aliphatic carbocycles. The first-order valence-corrected chi connectivity index (χ1v) is 20.8. The first kappa shape index (κ1) is 35.5. The van der Waals surface area contributed by atoms with Gasteiger partial charge in [-0.2, -0.15) is 4.31 Å². The molecule has 2 unspecified atom stereocenters. The van der Waals surface area contributed by atoms with Gasteiger partial charge in [0.2, 0.25) is 10.0 Å². The molecule has 0 saturated carbocycles. The fourth-order valence-electron chi connectivity index (χ4n) is 7.56. The van der Waals surface area contributed by atoms with Gasteiger partial charge in [0.1, 0.15) is 5.75 Å². The minimum atomic E-state index is -4.09. The van der Waals surface area contributed by atoms with Crippen LogP contribution in [0.15, 0.2) is 133 Å². The van der Waals surface area contributed by atoms with Crippen molar-refractivity contribution < 1.29 is 27.5 Å². The number of carbonyl (C=O) groups is 2. The first-order chi connectivity index (χ1) is 24.9. The molecule has 2 atom stereocenters. The van der Waals surface area contributed by atoms with Crippen molar-refractivity contribution in [2.75, 3.05) is 11.4 Å². The second-order valence-electron chi connectivity index (χ2n) is 14.4. The van der Waals surface area contributed by atoms with Crippen LogP contribution < -0.4 is 19.7 Å². The number of carbonyl (C=O) groups excluding carboxylic acids is 2. The van der Waals surface area contributed by atoms with E-state index in [1.54, 1.807) is 18.3 Å². The summed E-state index contributed by atoms with van der Waals surface area (Å²) >= 11 is 0. The van der Waals surface area contributed by atoms with Crippen molar-refractivity contribution >= 4 is 46.1 Å². The van der Waals surface area contributed by atoms with Crippen molar-refractivity contribution in [3.8, 4) is 5.75 Å². The summed E-state index contributed by atoms with van der Waals surface area (Å²) in [5, 5.41) is 13.2. The number of amides is 1. The Kier molecular flexibility index (Phi) is 9.47. The summed E-state index contributed by atoms with van der Waals surface area (Å²) in [5.74, 6) is -0.777. The van der Waals surface area contributed by atoms with Crippen LogP contribution >= 0.6 is 0 Å². The van der Waals surface area contributed by atoms with E-state index in [2.05, 4.69) is 50.0 Å². The van der Waals surface area contributed by atoms with E-state index in [-0.39, 0.29) is 28.6 Å². The van der Waals surface area contributed by atoms with Gasteiger partial charge in [-0.3, -0.25) is 14.6 Å². The number of pyridine rings is 1. The average molecular weight is 732 g/mol. The SMILES string of the molecule is CC(C)(C)[Si](Oc1ccc(CN2C(=O)C(=O)c3cc(S(=O)(=O)N4CCCC4C(O)c4cccnc4)ccc32)cc1)(c1ccccc1)c1ccccc1. The molecule has 1 aromatic heterocycles. The van der Waals surface area contributed by atoms with Gasteiger partial charge in [-0.25, -0.2) is 8.42 Å². The number of aliphatic hydroxyl groups is 1. The standard InChI is InChI=1S/C41H41N3O6SSi/c1-41(2,3)52(33-13-6-4-7-14-33,34-15-8-5-9-16-34)50-31-20-18-29(19-21-31)28-43-36-23-22-32(26-35(36)39(46)40(43)47)51(48,49)44-25-11-17-37(44)38(45)30-12-10-24-42-27-30/h4-10,12-16,18-24,26-27,37-38,45H,11,17,25,28H2,1-3H3. The Balaban J connectivity index is 1.13. The van der Waals surface area contributed by atoms with Gasteiger partial charge in [-0.1, -0.05) is 99.6 Å². The number of anilines is 1. The van der Waals surface area contributed by atoms with E-state index in [9.17, 15) is 23.1 Å². The molecular formula is C41H41N3O6SSi. The molecule has 0 bridgehead atoms. The van der Waals surface area contributed by atoms with Crippen molar-refractivity contribution in [3.05, 3.63) is 144 Å². The van der Waals surface area contributed by atoms with E-state index in [1.165, 1.54) is 33.6 Å². The highest BCUT2D eigenvalue weighted by Gasteiger charge is 2.52. The van der Waals surface area contributed by atoms with Crippen molar-refractivity contribution in [1.82, 2.24) is 9.29 Å². The van der Waals surface area contributed by atoms with Gasteiger partial charge in [0.05, 0.1) is 34.8 Å². The summed E-state index contributed by atoms with van der Waals surface area (Å²) in [6.07, 6.45) is 3.12. The summed E-state index contributed by atoms with van der Waals surface area (Å²) in [6, 6.07) is 35.3. The zero-order valence-corrected chi connectivity index (χ0v) is 31.2. The lowest BCUT2D eigenvalue weighted by Crippen LogP contribution is -2.68. The number of sulfonamides is 1. The summed E-state index contributed by atoms with van der Waals surface area (Å²) in [7, 11) is -6.94. The Labute approximate surface area is 305 Å². The van der Waals surface area contributed by atoms with E-state index in [1.807, 2.05) is 60.7 Å². The topological polar surface area (TPSA) is 117 Å². The molecule has 1 N–H and O–H groups in total. The Morgan fingerprint density at radius 1 is 0.885 bits per heavy atom. The summed E-state index contributed by atoms with van der Waals surface area (Å²) in [5.41, 5.74) is 1.71. The molecule has 11 heteroatoms. The van der Waals surface area contributed by atoms with E-state index >= 15 is 0 Å². The number of rotatable bonds is 10. The minimum absolute atomic E-state index is 0.0428. The van der Waals surface area contributed by atoms with Crippen LogP contribution in [0.3, 0.4) is 0 Å². The van der Waals surface area contributed by atoms with Gasteiger partial charge >= 0.3 is 8.32 Å². The third-order valence-electron chi connectivity index (χ3n) is 10.1. The number of aromatic nitrogens is 1. The molecule has 9 nitrogen and oxygen atoms in total. The van der Waals surface area contributed by atoms with Crippen LogP contribution in [0.1, 0.15) is 61.2 Å². The Morgan fingerprint density at radius 3 is 2.13 bits per heavy atom. The van der Waals surface area contributed by atoms with Crippen LogP contribution in [-0.2, 0) is 21.4 Å². The van der Waals surface area contributed by atoms with Crippen molar-refractivity contribution in [2.24, 2.45) is 0 Å². The molecule has 3 heterocycles. The second kappa shape index (κ2) is 13.9. The van der Waals surface area contributed by atoms with Crippen molar-refractivity contribution in [1.29, 1.82) is 0 Å². The maximum atomic E-state index is 13.9. The lowest BCUT2D eigenvalue weighted by atomic mass is 10.0. The van der Waals surface area contributed by atoms with Crippen LogP contribution in [0.2, 0.25) is 5.04 Å². The average Bonchev–Trinajstić information content (AvgIpc) is 3.75. The highest BCUT2D eigenvalue weighted by atomic mass is 32.2. The second-order valence-corrected chi connectivity index (χ2v) is 20.5. The fraction of sp³-hybridized carbons (Fsp3) is 0.244. The number of benzene rings is 4. The Bertz CT molecular complexity index is 2160. The number of fused-ring (bicyclic) bond motifs is 1. The predicted molar refractivity (Wildman–Crippen MR) is 203 cm³/mol. The maximum absolute atomic E-state index is 13.9. The molecule has 2 aliphatic heterocycles. The van der Waals surface area contributed by atoms with Crippen LogP contribution in [-0.4, -0.2) is 55.4 Å². The lowest BCUT2D eigenvalue weighted by molar-refractivity contribution is -0.114. The smallest absolute Gasteiger partial charge is 0.319 e. The molecule has 4 aromatic carbocycles. The summed E-state index contributed by atoms with van der Waals surface area (Å²) in [6.45, 7) is 7.00. The molecule has 2 aliphatic rings. The third-order valence-corrected chi connectivity index (χ3v) is 17.0. The highest BCUT2D eigenvalue weighted by Crippen LogP contribution is 2.39. The fourth-order valence-corrected chi connectivity index (χ4v) is 13.7. The molecule has 1 amide bonds. The number of ketones is 1. The Hall–Kier alpha value is -4.94. The number of nitrogens with zero attached hydrogens (tertiary/aromatic N) is 3. The predicted octanol–water partition coefficient (Wildman–Crippen LogP) is 5.64.